The number of ether oxygens (including phenoxy) is 2. The van der Waals surface area contributed by atoms with Crippen LogP contribution in [0.5, 0.6) is 5.75 Å². The SMILES string of the molecule is CCc1ccccc1-c1cc2ccc(OC3CCC(OC(=O)C(C)C)C3C(F)(F)F)cc2o1. The van der Waals surface area contributed by atoms with Crippen molar-refractivity contribution in [3.05, 3.63) is 54.1 Å². The van der Waals surface area contributed by atoms with Gasteiger partial charge >= 0.3 is 12.1 Å². The second-order valence-corrected chi connectivity index (χ2v) is 8.75. The molecule has 0 radical (unpaired) electrons. The number of hydrogen-bond donors (Lipinski definition) is 0. The second kappa shape index (κ2) is 9.12. The van der Waals surface area contributed by atoms with E-state index in [0.717, 1.165) is 22.9 Å². The fourth-order valence-corrected chi connectivity index (χ4v) is 4.36. The molecule has 4 rings (SSSR count). The van der Waals surface area contributed by atoms with Crippen molar-refractivity contribution >= 4 is 16.9 Å². The number of furan rings is 1. The minimum Gasteiger partial charge on any atom is -0.489 e. The van der Waals surface area contributed by atoms with Crippen molar-refractivity contribution < 1.29 is 31.9 Å². The van der Waals surface area contributed by atoms with Crippen LogP contribution in [0.15, 0.2) is 52.9 Å². The van der Waals surface area contributed by atoms with E-state index in [1.54, 1.807) is 32.0 Å². The Hall–Kier alpha value is -2.96. The first kappa shape index (κ1) is 23.2. The zero-order valence-corrected chi connectivity index (χ0v) is 18.8. The summed E-state index contributed by atoms with van der Waals surface area (Å²) in [5, 5.41) is 0.839. The molecule has 0 amide bonds. The zero-order valence-electron chi connectivity index (χ0n) is 18.8. The summed E-state index contributed by atoms with van der Waals surface area (Å²) in [6.45, 7) is 5.26. The van der Waals surface area contributed by atoms with Crippen molar-refractivity contribution in [3.8, 4) is 17.1 Å². The maximum absolute atomic E-state index is 13.8. The lowest BCUT2D eigenvalue weighted by atomic mass is 10.0. The maximum atomic E-state index is 13.8. The summed E-state index contributed by atoms with van der Waals surface area (Å²) in [5.74, 6) is -2.00. The molecule has 0 N–H and O–H groups in total. The summed E-state index contributed by atoms with van der Waals surface area (Å²) in [5.41, 5.74) is 2.67. The van der Waals surface area contributed by atoms with Crippen LogP contribution in [0.25, 0.3) is 22.3 Å². The molecular weight excluding hydrogens is 433 g/mol. The average molecular weight is 460 g/mol. The highest BCUT2D eigenvalue weighted by Gasteiger charge is 2.55. The molecule has 1 fully saturated rings. The fourth-order valence-electron chi connectivity index (χ4n) is 4.36. The van der Waals surface area contributed by atoms with Gasteiger partial charge in [-0.05, 0) is 43.0 Å². The van der Waals surface area contributed by atoms with E-state index in [9.17, 15) is 18.0 Å². The van der Waals surface area contributed by atoms with Gasteiger partial charge in [0.1, 0.15) is 35.2 Å². The van der Waals surface area contributed by atoms with Gasteiger partial charge in [0.15, 0.2) is 0 Å². The predicted octanol–water partition coefficient (Wildman–Crippen LogP) is 6.95. The van der Waals surface area contributed by atoms with Crippen molar-refractivity contribution in [2.24, 2.45) is 11.8 Å². The standard InChI is InChI=1S/C26H27F3O4/c1-4-16-7-5-6-8-19(16)23-13-17-9-10-18(14-22(17)32-23)31-20-11-12-21(24(20)26(27,28)29)33-25(30)15(2)3/h5-10,13-15,20-21,24H,4,11-12H2,1-3H3. The smallest absolute Gasteiger partial charge is 0.398 e. The number of rotatable bonds is 6. The lowest BCUT2D eigenvalue weighted by Crippen LogP contribution is -2.41. The first-order valence-electron chi connectivity index (χ1n) is 11.2. The molecule has 3 atom stereocenters. The third kappa shape index (κ3) is 4.87. The minimum atomic E-state index is -4.55. The summed E-state index contributed by atoms with van der Waals surface area (Å²) >= 11 is 0. The van der Waals surface area contributed by atoms with Gasteiger partial charge in [0.05, 0.1) is 5.92 Å². The van der Waals surface area contributed by atoms with Crippen LogP contribution >= 0.6 is 0 Å². The van der Waals surface area contributed by atoms with E-state index >= 15 is 0 Å². The quantitative estimate of drug-likeness (QED) is 0.374. The Labute approximate surface area is 190 Å². The molecule has 176 valence electrons. The van der Waals surface area contributed by atoms with Crippen LogP contribution < -0.4 is 4.74 Å². The van der Waals surface area contributed by atoms with Crippen LogP contribution in [0.2, 0.25) is 0 Å². The molecule has 0 saturated heterocycles. The molecule has 4 nitrogen and oxygen atoms in total. The van der Waals surface area contributed by atoms with Gasteiger partial charge in [-0.2, -0.15) is 13.2 Å². The molecule has 2 aromatic carbocycles. The Kier molecular flexibility index (Phi) is 6.41. The van der Waals surface area contributed by atoms with Gasteiger partial charge in [0.25, 0.3) is 0 Å². The number of halogens is 3. The maximum Gasteiger partial charge on any atom is 0.398 e. The molecule has 1 aliphatic rings. The molecule has 1 saturated carbocycles. The van der Waals surface area contributed by atoms with Gasteiger partial charge in [0, 0.05) is 17.0 Å². The van der Waals surface area contributed by atoms with E-state index in [1.807, 2.05) is 30.3 Å². The fraction of sp³-hybridized carbons (Fsp3) is 0.423. The average Bonchev–Trinajstić information content (AvgIpc) is 3.37. The second-order valence-electron chi connectivity index (χ2n) is 8.75. The highest BCUT2D eigenvalue weighted by Crippen LogP contribution is 2.43. The highest BCUT2D eigenvalue weighted by atomic mass is 19.4. The van der Waals surface area contributed by atoms with Gasteiger partial charge in [0.2, 0.25) is 0 Å². The van der Waals surface area contributed by atoms with Crippen LogP contribution in [-0.4, -0.2) is 24.4 Å². The molecule has 7 heteroatoms. The van der Waals surface area contributed by atoms with E-state index in [2.05, 4.69) is 6.92 Å². The Balaban J connectivity index is 1.57. The third-order valence-corrected chi connectivity index (χ3v) is 6.10. The summed E-state index contributed by atoms with van der Waals surface area (Å²) in [7, 11) is 0. The Morgan fingerprint density at radius 1 is 1.09 bits per heavy atom. The summed E-state index contributed by atoms with van der Waals surface area (Å²) in [6, 6.07) is 14.9. The van der Waals surface area contributed by atoms with Crippen molar-refractivity contribution in [1.29, 1.82) is 0 Å². The molecule has 0 bridgehead atoms. The number of aryl methyl sites for hydroxylation is 1. The number of carbonyl (C=O) groups excluding carboxylic acids is 1. The van der Waals surface area contributed by atoms with Crippen LogP contribution in [0.4, 0.5) is 13.2 Å². The Morgan fingerprint density at radius 3 is 2.52 bits per heavy atom. The van der Waals surface area contributed by atoms with Crippen molar-refractivity contribution in [1.82, 2.24) is 0 Å². The van der Waals surface area contributed by atoms with Gasteiger partial charge in [-0.1, -0.05) is 45.0 Å². The van der Waals surface area contributed by atoms with E-state index < -0.39 is 36.2 Å². The largest absolute Gasteiger partial charge is 0.489 e. The normalized spacial score (nSPS) is 21.0. The number of hydrogen-bond acceptors (Lipinski definition) is 4. The van der Waals surface area contributed by atoms with E-state index in [1.165, 1.54) is 0 Å². The van der Waals surface area contributed by atoms with Crippen LogP contribution in [0.3, 0.4) is 0 Å². The van der Waals surface area contributed by atoms with E-state index in [4.69, 9.17) is 13.9 Å². The molecule has 1 aliphatic carbocycles. The van der Waals surface area contributed by atoms with E-state index in [0.29, 0.717) is 17.1 Å². The van der Waals surface area contributed by atoms with E-state index in [-0.39, 0.29) is 12.8 Å². The topological polar surface area (TPSA) is 48.7 Å². The Morgan fingerprint density at radius 2 is 1.82 bits per heavy atom. The zero-order chi connectivity index (χ0) is 23.8. The predicted molar refractivity (Wildman–Crippen MR) is 119 cm³/mol. The molecule has 3 aromatic rings. The number of benzene rings is 2. The highest BCUT2D eigenvalue weighted by molar-refractivity contribution is 5.84. The first-order valence-corrected chi connectivity index (χ1v) is 11.2. The van der Waals surface area contributed by atoms with Crippen molar-refractivity contribution in [2.45, 2.75) is 58.4 Å². The van der Waals surface area contributed by atoms with Crippen molar-refractivity contribution in [2.75, 3.05) is 0 Å². The summed E-state index contributed by atoms with van der Waals surface area (Å²) < 4.78 is 58.5. The molecule has 0 aliphatic heterocycles. The van der Waals surface area contributed by atoms with Crippen LogP contribution in [-0.2, 0) is 16.0 Å². The van der Waals surface area contributed by atoms with Gasteiger partial charge in [-0.25, -0.2) is 0 Å². The van der Waals surface area contributed by atoms with Crippen LogP contribution in [0, 0.1) is 11.8 Å². The minimum absolute atomic E-state index is 0.105. The molecule has 3 unspecified atom stereocenters. The molecular formula is C26H27F3O4. The molecule has 33 heavy (non-hydrogen) atoms. The molecule has 0 spiro atoms. The lowest BCUT2D eigenvalue weighted by Gasteiger charge is -2.27. The van der Waals surface area contributed by atoms with Crippen LogP contribution in [0.1, 0.15) is 39.2 Å². The van der Waals surface area contributed by atoms with Gasteiger partial charge in [-0.3, -0.25) is 4.79 Å². The number of esters is 1. The van der Waals surface area contributed by atoms with Gasteiger partial charge in [-0.15, -0.1) is 0 Å². The number of carbonyl (C=O) groups is 1. The number of fused-ring (bicyclic) bond motifs is 1. The first-order chi connectivity index (χ1) is 15.7. The summed E-state index contributed by atoms with van der Waals surface area (Å²) in [6.07, 6.45) is -5.82. The Bertz CT molecular complexity index is 1130. The third-order valence-electron chi connectivity index (χ3n) is 6.10. The molecule has 1 heterocycles. The monoisotopic (exact) mass is 460 g/mol. The van der Waals surface area contributed by atoms with Gasteiger partial charge < -0.3 is 13.9 Å². The lowest BCUT2D eigenvalue weighted by molar-refractivity contribution is -0.216. The molecule has 1 aromatic heterocycles. The number of alkyl halides is 3. The summed E-state index contributed by atoms with van der Waals surface area (Å²) in [4.78, 5) is 11.9. The van der Waals surface area contributed by atoms with Crippen molar-refractivity contribution in [3.63, 3.8) is 0 Å².